The van der Waals surface area contributed by atoms with Crippen molar-refractivity contribution in [1.82, 2.24) is 9.88 Å². The van der Waals surface area contributed by atoms with Crippen molar-refractivity contribution in [2.45, 2.75) is 32.9 Å². The van der Waals surface area contributed by atoms with Crippen LogP contribution in [0.4, 0.5) is 10.1 Å². The van der Waals surface area contributed by atoms with Crippen molar-refractivity contribution in [2.75, 3.05) is 4.90 Å². The second-order valence-electron chi connectivity index (χ2n) is 10.2. The Morgan fingerprint density at radius 2 is 1.61 bits per heavy atom. The summed E-state index contributed by atoms with van der Waals surface area (Å²) in [5, 5.41) is 0.850. The Kier molecular flexibility index (Phi) is 6.93. The normalized spacial score (nSPS) is 15.1. The van der Waals surface area contributed by atoms with Gasteiger partial charge in [-0.05, 0) is 85.6 Å². The predicted octanol–water partition coefficient (Wildman–Crippen LogP) is 6.69. The second-order valence-corrected chi connectivity index (χ2v) is 11.3. The first kappa shape index (κ1) is 26.5. The molecule has 1 atom stereocenters. The lowest BCUT2D eigenvalue weighted by Gasteiger charge is -2.28. The fourth-order valence-corrected chi connectivity index (χ4v) is 6.08. The van der Waals surface area contributed by atoms with E-state index in [2.05, 4.69) is 6.07 Å². The molecule has 204 valence electrons. The van der Waals surface area contributed by atoms with E-state index in [9.17, 15) is 18.8 Å². The van der Waals surface area contributed by atoms with Crippen LogP contribution in [-0.4, -0.2) is 33.6 Å². The lowest BCUT2D eigenvalue weighted by atomic mass is 10.1. The van der Waals surface area contributed by atoms with Crippen molar-refractivity contribution < 1.29 is 18.8 Å². The summed E-state index contributed by atoms with van der Waals surface area (Å²) < 4.78 is 14.7. The number of benzene rings is 4. The van der Waals surface area contributed by atoms with Crippen molar-refractivity contribution in [2.24, 2.45) is 0 Å². The lowest BCUT2D eigenvalue weighted by Crippen LogP contribution is -2.45. The highest BCUT2D eigenvalue weighted by atomic mass is 32.1. The van der Waals surface area contributed by atoms with Crippen LogP contribution in [0.5, 0.6) is 0 Å². The molecule has 0 spiro atoms. The molecule has 0 N–H and O–H groups in total. The first-order valence-corrected chi connectivity index (χ1v) is 14.0. The van der Waals surface area contributed by atoms with E-state index < -0.39 is 23.7 Å². The SMILES string of the molecule is Cc1ccc(CN(C(=O)c2ccc(F)cc2)C2CC(=O)N(c3ccc(-c4nc5ccc(C)cc5s4)cc3)C2=O)cc1. The highest BCUT2D eigenvalue weighted by Gasteiger charge is 2.44. The molecule has 1 fully saturated rings. The molecule has 6 rings (SSSR count). The number of anilines is 1. The van der Waals surface area contributed by atoms with Crippen LogP contribution >= 0.6 is 11.3 Å². The minimum absolute atomic E-state index is 0.129. The predicted molar refractivity (Wildman–Crippen MR) is 158 cm³/mol. The number of nitrogens with zero attached hydrogens (tertiary/aromatic N) is 3. The zero-order chi connectivity index (χ0) is 28.7. The minimum Gasteiger partial charge on any atom is -0.322 e. The van der Waals surface area contributed by atoms with E-state index in [0.29, 0.717) is 5.69 Å². The summed E-state index contributed by atoms with van der Waals surface area (Å²) in [4.78, 5) is 47.9. The number of rotatable bonds is 6. The number of aryl methyl sites for hydroxylation is 2. The van der Waals surface area contributed by atoms with Crippen LogP contribution in [-0.2, 0) is 16.1 Å². The van der Waals surface area contributed by atoms with Gasteiger partial charge in [-0.1, -0.05) is 35.9 Å². The van der Waals surface area contributed by atoms with E-state index >= 15 is 0 Å². The maximum atomic E-state index is 13.7. The Hall–Kier alpha value is -4.69. The smallest absolute Gasteiger partial charge is 0.257 e. The molecule has 1 aliphatic rings. The number of amides is 3. The quantitative estimate of drug-likeness (QED) is 0.216. The third-order valence-electron chi connectivity index (χ3n) is 7.24. The Morgan fingerprint density at radius 1 is 0.927 bits per heavy atom. The van der Waals surface area contributed by atoms with Gasteiger partial charge in [-0.15, -0.1) is 11.3 Å². The van der Waals surface area contributed by atoms with Gasteiger partial charge in [0, 0.05) is 17.7 Å². The van der Waals surface area contributed by atoms with E-state index in [1.807, 2.05) is 62.4 Å². The second kappa shape index (κ2) is 10.7. The summed E-state index contributed by atoms with van der Waals surface area (Å²) in [6, 6.07) is 25.1. The Balaban J connectivity index is 1.28. The molecule has 1 aliphatic heterocycles. The van der Waals surface area contributed by atoms with E-state index in [1.165, 1.54) is 29.2 Å². The van der Waals surface area contributed by atoms with Gasteiger partial charge in [-0.25, -0.2) is 14.3 Å². The Bertz CT molecular complexity index is 1780. The highest BCUT2D eigenvalue weighted by Crippen LogP contribution is 2.33. The van der Waals surface area contributed by atoms with Gasteiger partial charge in [0.2, 0.25) is 5.91 Å². The van der Waals surface area contributed by atoms with Crippen LogP contribution in [0, 0.1) is 19.7 Å². The van der Waals surface area contributed by atoms with Gasteiger partial charge in [-0.2, -0.15) is 0 Å². The fourth-order valence-electron chi connectivity index (χ4n) is 5.01. The number of hydrogen-bond acceptors (Lipinski definition) is 5. The van der Waals surface area contributed by atoms with Gasteiger partial charge >= 0.3 is 0 Å². The molecule has 1 unspecified atom stereocenters. The number of thiazole rings is 1. The van der Waals surface area contributed by atoms with Gasteiger partial charge in [0.1, 0.15) is 16.9 Å². The number of halogens is 1. The zero-order valence-electron chi connectivity index (χ0n) is 22.5. The third-order valence-corrected chi connectivity index (χ3v) is 8.31. The first-order valence-electron chi connectivity index (χ1n) is 13.2. The van der Waals surface area contributed by atoms with Gasteiger partial charge in [-0.3, -0.25) is 14.4 Å². The molecule has 41 heavy (non-hydrogen) atoms. The van der Waals surface area contributed by atoms with E-state index in [0.717, 1.165) is 42.4 Å². The molecule has 1 saturated heterocycles. The van der Waals surface area contributed by atoms with Crippen LogP contribution in [0.15, 0.2) is 91.0 Å². The van der Waals surface area contributed by atoms with Gasteiger partial charge < -0.3 is 4.90 Å². The molecule has 0 aliphatic carbocycles. The number of aromatic nitrogens is 1. The van der Waals surface area contributed by atoms with Gasteiger partial charge in [0.15, 0.2) is 0 Å². The number of hydrogen-bond donors (Lipinski definition) is 0. The number of carbonyl (C=O) groups is 3. The number of imide groups is 1. The largest absolute Gasteiger partial charge is 0.322 e. The lowest BCUT2D eigenvalue weighted by molar-refractivity contribution is -0.122. The van der Waals surface area contributed by atoms with Gasteiger partial charge in [0.05, 0.1) is 22.3 Å². The zero-order valence-corrected chi connectivity index (χ0v) is 23.3. The fraction of sp³-hybridized carbons (Fsp3) is 0.152. The van der Waals surface area contributed by atoms with E-state index in [1.54, 1.807) is 23.5 Å². The minimum atomic E-state index is -0.992. The van der Waals surface area contributed by atoms with Crippen molar-refractivity contribution in [3.05, 3.63) is 119 Å². The van der Waals surface area contributed by atoms with Crippen molar-refractivity contribution in [1.29, 1.82) is 0 Å². The molecule has 3 amide bonds. The Labute approximate surface area is 240 Å². The average Bonchev–Trinajstić information content (AvgIpc) is 3.52. The first-order chi connectivity index (χ1) is 19.8. The maximum Gasteiger partial charge on any atom is 0.257 e. The molecule has 1 aromatic heterocycles. The standard InChI is InChI=1S/C33H26FN3O3S/c1-20-3-6-22(7-4-20)19-36(32(39)24-8-12-25(34)13-9-24)28-18-30(38)37(33(28)40)26-14-10-23(11-15-26)31-35-27-16-5-21(2)17-29(27)41-31/h3-17,28H,18-19H2,1-2H3. The highest BCUT2D eigenvalue weighted by molar-refractivity contribution is 7.21. The molecule has 8 heteroatoms. The van der Waals surface area contributed by atoms with E-state index in [4.69, 9.17) is 4.98 Å². The van der Waals surface area contributed by atoms with Crippen LogP contribution in [0.3, 0.4) is 0 Å². The molecule has 5 aromatic rings. The topological polar surface area (TPSA) is 70.6 Å². The van der Waals surface area contributed by atoms with Crippen molar-refractivity contribution in [3.63, 3.8) is 0 Å². The monoisotopic (exact) mass is 563 g/mol. The third kappa shape index (κ3) is 5.26. The summed E-state index contributed by atoms with van der Waals surface area (Å²) in [7, 11) is 0. The molecule has 0 bridgehead atoms. The summed E-state index contributed by atoms with van der Waals surface area (Å²) in [5.74, 6) is -1.76. The van der Waals surface area contributed by atoms with Crippen molar-refractivity contribution in [3.8, 4) is 10.6 Å². The Morgan fingerprint density at radius 3 is 2.32 bits per heavy atom. The molecule has 6 nitrogen and oxygen atoms in total. The number of fused-ring (bicyclic) bond motifs is 1. The molecule has 4 aromatic carbocycles. The molecular weight excluding hydrogens is 537 g/mol. The summed E-state index contributed by atoms with van der Waals surface area (Å²) in [5.41, 5.74) is 5.54. The summed E-state index contributed by atoms with van der Waals surface area (Å²) in [6.45, 7) is 4.13. The summed E-state index contributed by atoms with van der Waals surface area (Å²) in [6.07, 6.45) is -0.142. The van der Waals surface area contributed by atoms with Gasteiger partial charge in [0.25, 0.3) is 11.8 Å². The average molecular weight is 564 g/mol. The van der Waals surface area contributed by atoms with Crippen LogP contribution in [0.1, 0.15) is 33.5 Å². The molecule has 0 saturated carbocycles. The molecule has 2 heterocycles. The van der Waals surface area contributed by atoms with Crippen molar-refractivity contribution >= 4 is 45.0 Å². The van der Waals surface area contributed by atoms with E-state index in [-0.39, 0.29) is 24.4 Å². The molecule has 0 radical (unpaired) electrons. The summed E-state index contributed by atoms with van der Waals surface area (Å²) >= 11 is 1.59. The number of carbonyl (C=O) groups excluding carboxylic acids is 3. The van der Waals surface area contributed by atoms with Crippen LogP contribution in [0.2, 0.25) is 0 Å². The van der Waals surface area contributed by atoms with Crippen LogP contribution < -0.4 is 4.90 Å². The maximum absolute atomic E-state index is 13.7. The van der Waals surface area contributed by atoms with Crippen LogP contribution in [0.25, 0.3) is 20.8 Å². The molecular formula is C33H26FN3O3S.